The summed E-state index contributed by atoms with van der Waals surface area (Å²) in [6.07, 6.45) is 3.54. The number of hydrogen-bond acceptors (Lipinski definition) is 6. The van der Waals surface area contributed by atoms with Gasteiger partial charge >= 0.3 is 5.69 Å². The summed E-state index contributed by atoms with van der Waals surface area (Å²) in [5.41, 5.74) is -0.0398. The topological polar surface area (TPSA) is 115 Å². The van der Waals surface area contributed by atoms with Gasteiger partial charge in [0, 0.05) is 39.6 Å². The lowest BCUT2D eigenvalue weighted by Gasteiger charge is -2.24. The van der Waals surface area contributed by atoms with Crippen molar-refractivity contribution in [2.75, 3.05) is 13.1 Å². The van der Waals surface area contributed by atoms with Gasteiger partial charge in [-0.3, -0.25) is 23.7 Å². The third-order valence-corrected chi connectivity index (χ3v) is 4.63. The lowest BCUT2D eigenvalue weighted by atomic mass is 10.2. The maximum Gasteiger partial charge on any atom is 0.332 e. The molecule has 0 radical (unpaired) electrons. The second-order valence-electron chi connectivity index (χ2n) is 6.51. The van der Waals surface area contributed by atoms with Crippen LogP contribution in [0.3, 0.4) is 0 Å². The van der Waals surface area contributed by atoms with Gasteiger partial charge in [-0.05, 0) is 19.1 Å². The first kappa shape index (κ1) is 19.5. The van der Waals surface area contributed by atoms with Gasteiger partial charge in [0.2, 0.25) is 0 Å². The average molecular weight is 386 g/mol. The van der Waals surface area contributed by atoms with Crippen LogP contribution < -0.4 is 11.2 Å². The molecule has 0 aliphatic rings. The molecule has 0 aromatic carbocycles. The van der Waals surface area contributed by atoms with Gasteiger partial charge in [-0.15, -0.1) is 0 Å². The van der Waals surface area contributed by atoms with Gasteiger partial charge in [0.1, 0.15) is 0 Å². The molecule has 1 atom stereocenters. The van der Waals surface area contributed by atoms with Crippen LogP contribution >= 0.6 is 0 Å². The van der Waals surface area contributed by atoms with Crippen molar-refractivity contribution in [3.63, 3.8) is 0 Å². The van der Waals surface area contributed by atoms with Crippen molar-refractivity contribution >= 4 is 17.1 Å². The van der Waals surface area contributed by atoms with Gasteiger partial charge in [-0.25, -0.2) is 9.78 Å². The summed E-state index contributed by atoms with van der Waals surface area (Å²) in [5, 5.41) is 10.5. The molecule has 28 heavy (non-hydrogen) atoms. The number of aliphatic hydroxyl groups excluding tert-OH is 1. The van der Waals surface area contributed by atoms with Crippen molar-refractivity contribution in [1.29, 1.82) is 0 Å². The van der Waals surface area contributed by atoms with Crippen molar-refractivity contribution in [2.24, 2.45) is 14.1 Å². The fraction of sp³-hybridized carbons (Fsp3) is 0.389. The molecule has 3 aromatic rings. The minimum absolute atomic E-state index is 0.0563. The second kappa shape index (κ2) is 7.77. The van der Waals surface area contributed by atoms with E-state index in [2.05, 4.69) is 9.97 Å². The Kier molecular flexibility index (Phi) is 5.41. The van der Waals surface area contributed by atoms with E-state index in [0.29, 0.717) is 12.1 Å². The molecule has 1 N–H and O–H groups in total. The second-order valence-corrected chi connectivity index (χ2v) is 6.51. The largest absolute Gasteiger partial charge is 0.389 e. The molecule has 3 heterocycles. The molecule has 0 aliphatic carbocycles. The van der Waals surface area contributed by atoms with Crippen LogP contribution in [-0.2, 0) is 20.6 Å². The number of likely N-dealkylation sites (N-methyl/N-ethyl adjacent to an activating group) is 1. The molecule has 3 rings (SSSR count). The fourth-order valence-electron chi connectivity index (χ4n) is 3.10. The highest BCUT2D eigenvalue weighted by molar-refractivity contribution is 5.93. The normalized spacial score (nSPS) is 12.3. The maximum absolute atomic E-state index is 12.6. The molecule has 1 unspecified atom stereocenters. The number of aromatic nitrogens is 5. The minimum Gasteiger partial charge on any atom is -0.389 e. The zero-order chi connectivity index (χ0) is 20.4. The number of aryl methyl sites for hydroxylation is 1. The molecule has 0 spiro atoms. The Morgan fingerprint density at radius 3 is 2.68 bits per heavy atom. The number of amides is 1. The lowest BCUT2D eigenvalue weighted by Crippen LogP contribution is -2.40. The summed E-state index contributed by atoms with van der Waals surface area (Å²) in [6.45, 7) is 2.36. The van der Waals surface area contributed by atoms with E-state index in [1.807, 2.05) is 6.92 Å². The predicted molar refractivity (Wildman–Crippen MR) is 102 cm³/mol. The SMILES string of the molecule is CCN(CC(O)Cn1cnc2c1c(=O)n(C)c(=O)n2C)C(=O)c1cccnc1. The number of rotatable bonds is 6. The van der Waals surface area contributed by atoms with Crippen LogP contribution in [0.4, 0.5) is 0 Å². The Balaban J connectivity index is 1.83. The van der Waals surface area contributed by atoms with Crippen molar-refractivity contribution in [1.82, 2.24) is 28.6 Å². The van der Waals surface area contributed by atoms with E-state index in [1.165, 1.54) is 40.7 Å². The number of nitrogens with zero attached hydrogens (tertiary/aromatic N) is 6. The molecule has 10 nitrogen and oxygen atoms in total. The summed E-state index contributed by atoms with van der Waals surface area (Å²) in [5.74, 6) is -0.233. The van der Waals surface area contributed by atoms with Crippen LogP contribution in [-0.4, -0.2) is 58.8 Å². The molecule has 3 aromatic heterocycles. The molecule has 0 fully saturated rings. The van der Waals surface area contributed by atoms with Gasteiger partial charge in [-0.2, -0.15) is 0 Å². The lowest BCUT2D eigenvalue weighted by molar-refractivity contribution is 0.0607. The van der Waals surface area contributed by atoms with Crippen LogP contribution in [0.1, 0.15) is 17.3 Å². The number of aliphatic hydroxyl groups is 1. The van der Waals surface area contributed by atoms with Crippen molar-refractivity contribution < 1.29 is 9.90 Å². The Labute approximate surface area is 160 Å². The van der Waals surface area contributed by atoms with E-state index in [4.69, 9.17) is 0 Å². The van der Waals surface area contributed by atoms with E-state index >= 15 is 0 Å². The third-order valence-electron chi connectivity index (χ3n) is 4.63. The summed E-state index contributed by atoms with van der Waals surface area (Å²) in [7, 11) is 2.92. The number of hydrogen-bond donors (Lipinski definition) is 1. The number of imidazole rings is 1. The van der Waals surface area contributed by atoms with Crippen LogP contribution in [0.15, 0.2) is 40.4 Å². The summed E-state index contributed by atoms with van der Waals surface area (Å²) >= 11 is 0. The monoisotopic (exact) mass is 386 g/mol. The van der Waals surface area contributed by atoms with E-state index < -0.39 is 17.4 Å². The van der Waals surface area contributed by atoms with E-state index in [1.54, 1.807) is 18.3 Å². The minimum atomic E-state index is -0.931. The van der Waals surface area contributed by atoms with Gasteiger partial charge in [0.25, 0.3) is 11.5 Å². The Hall–Kier alpha value is -3.27. The standard InChI is InChI=1S/C18H22N6O4/c1-4-23(16(26)12-6-5-7-19-8-12)9-13(25)10-24-11-20-15-14(24)17(27)22(3)18(28)21(15)2/h5-8,11,13,25H,4,9-10H2,1-3H3. The van der Waals surface area contributed by atoms with E-state index in [0.717, 1.165) is 4.57 Å². The summed E-state index contributed by atoms with van der Waals surface area (Å²) < 4.78 is 3.78. The molecular weight excluding hydrogens is 364 g/mol. The van der Waals surface area contributed by atoms with Crippen LogP contribution in [0.5, 0.6) is 0 Å². The van der Waals surface area contributed by atoms with Crippen molar-refractivity contribution in [3.8, 4) is 0 Å². The third kappa shape index (κ3) is 3.46. The molecular formula is C18H22N6O4. The van der Waals surface area contributed by atoms with Gasteiger partial charge < -0.3 is 14.6 Å². The molecule has 0 saturated heterocycles. The van der Waals surface area contributed by atoms with Crippen LogP contribution in [0.25, 0.3) is 11.2 Å². The molecule has 10 heteroatoms. The molecule has 0 aliphatic heterocycles. The average Bonchev–Trinajstić information content (AvgIpc) is 3.12. The highest BCUT2D eigenvalue weighted by atomic mass is 16.3. The smallest absolute Gasteiger partial charge is 0.332 e. The van der Waals surface area contributed by atoms with E-state index in [9.17, 15) is 19.5 Å². The van der Waals surface area contributed by atoms with Crippen LogP contribution in [0.2, 0.25) is 0 Å². The highest BCUT2D eigenvalue weighted by Crippen LogP contribution is 2.09. The number of carbonyl (C=O) groups is 1. The van der Waals surface area contributed by atoms with Gasteiger partial charge in [-0.1, -0.05) is 0 Å². The number of carbonyl (C=O) groups excluding carboxylic acids is 1. The maximum atomic E-state index is 12.6. The molecule has 1 amide bonds. The Morgan fingerprint density at radius 2 is 2.04 bits per heavy atom. The number of fused-ring (bicyclic) bond motifs is 1. The van der Waals surface area contributed by atoms with Crippen LogP contribution in [0, 0.1) is 0 Å². The van der Waals surface area contributed by atoms with Crippen molar-refractivity contribution in [2.45, 2.75) is 19.6 Å². The van der Waals surface area contributed by atoms with Gasteiger partial charge in [0.15, 0.2) is 11.2 Å². The quantitative estimate of drug-likeness (QED) is 0.602. The highest BCUT2D eigenvalue weighted by Gasteiger charge is 2.20. The summed E-state index contributed by atoms with van der Waals surface area (Å²) in [6, 6.07) is 3.34. The fourth-order valence-corrected chi connectivity index (χ4v) is 3.10. The van der Waals surface area contributed by atoms with Crippen molar-refractivity contribution in [3.05, 3.63) is 57.3 Å². The van der Waals surface area contributed by atoms with E-state index in [-0.39, 0.29) is 30.2 Å². The summed E-state index contributed by atoms with van der Waals surface area (Å²) in [4.78, 5) is 46.6. The number of pyridine rings is 1. The Bertz CT molecular complexity index is 1110. The van der Waals surface area contributed by atoms with Gasteiger partial charge in [0.05, 0.1) is 24.5 Å². The molecule has 148 valence electrons. The first-order valence-corrected chi connectivity index (χ1v) is 8.83. The zero-order valence-electron chi connectivity index (χ0n) is 15.9. The predicted octanol–water partition coefficient (Wildman–Crippen LogP) is -0.648. The first-order chi connectivity index (χ1) is 13.3. The Morgan fingerprint density at radius 1 is 1.29 bits per heavy atom. The first-order valence-electron chi connectivity index (χ1n) is 8.83. The zero-order valence-corrected chi connectivity index (χ0v) is 15.9. The molecule has 0 saturated carbocycles. The molecule has 0 bridgehead atoms.